The Kier molecular flexibility index (Phi) is 6.76. The number of unbranched alkanes of at least 4 members (excludes halogenated alkanes) is 2. The van der Waals surface area contributed by atoms with Gasteiger partial charge in [0.05, 0.1) is 13.2 Å². The van der Waals surface area contributed by atoms with Crippen LogP contribution in [-0.2, 0) is 0 Å². The lowest BCUT2D eigenvalue weighted by Gasteiger charge is -2.20. The highest BCUT2D eigenvalue weighted by Gasteiger charge is 2.15. The molecule has 18 heavy (non-hydrogen) atoms. The van der Waals surface area contributed by atoms with E-state index in [0.717, 1.165) is 24.3 Å². The van der Waals surface area contributed by atoms with Gasteiger partial charge in [-0.25, -0.2) is 0 Å². The van der Waals surface area contributed by atoms with Crippen molar-refractivity contribution in [3.63, 3.8) is 0 Å². The molecule has 0 radical (unpaired) electrons. The average molecular weight is 251 g/mol. The maximum absolute atomic E-state index is 10.2. The van der Waals surface area contributed by atoms with Crippen LogP contribution < -0.4 is 10.1 Å². The number of ether oxygens (including phenoxy) is 1. The lowest BCUT2D eigenvalue weighted by atomic mass is 10.0. The van der Waals surface area contributed by atoms with Crippen molar-refractivity contribution in [3.05, 3.63) is 29.8 Å². The quantitative estimate of drug-likeness (QED) is 0.698. The number of hydrogen-bond acceptors (Lipinski definition) is 3. The number of aliphatic hydroxyl groups excluding tert-OH is 1. The van der Waals surface area contributed by atoms with Gasteiger partial charge in [-0.1, -0.05) is 31.9 Å². The second kappa shape index (κ2) is 8.11. The van der Waals surface area contributed by atoms with Crippen molar-refractivity contribution in [2.45, 2.75) is 45.3 Å². The number of hydrogen-bond donors (Lipinski definition) is 2. The summed E-state index contributed by atoms with van der Waals surface area (Å²) in [6.45, 7) is 5.17. The number of methoxy groups -OCH3 is 1. The third kappa shape index (κ3) is 4.67. The molecule has 0 amide bonds. The minimum absolute atomic E-state index is 0.0650. The first-order chi connectivity index (χ1) is 8.69. The third-order valence-electron chi connectivity index (χ3n) is 3.18. The van der Waals surface area contributed by atoms with E-state index in [0.29, 0.717) is 0 Å². The molecule has 2 atom stereocenters. The van der Waals surface area contributed by atoms with Crippen molar-refractivity contribution >= 4 is 0 Å². The normalized spacial score (nSPS) is 14.2. The van der Waals surface area contributed by atoms with Crippen LogP contribution in [0.2, 0.25) is 0 Å². The van der Waals surface area contributed by atoms with Crippen molar-refractivity contribution in [2.75, 3.05) is 13.7 Å². The van der Waals surface area contributed by atoms with E-state index in [9.17, 15) is 5.11 Å². The Labute approximate surface area is 110 Å². The van der Waals surface area contributed by atoms with Gasteiger partial charge in [0.2, 0.25) is 0 Å². The highest BCUT2D eigenvalue weighted by atomic mass is 16.5. The van der Waals surface area contributed by atoms with Gasteiger partial charge in [0.1, 0.15) is 5.75 Å². The summed E-state index contributed by atoms with van der Waals surface area (Å²) in [6.07, 6.45) is 3.14. The Morgan fingerprint density at radius 3 is 2.44 bits per heavy atom. The molecule has 102 valence electrons. The first-order valence-corrected chi connectivity index (χ1v) is 6.74. The van der Waals surface area contributed by atoms with E-state index >= 15 is 0 Å². The lowest BCUT2D eigenvalue weighted by molar-refractivity contribution is 0.136. The van der Waals surface area contributed by atoms with Gasteiger partial charge >= 0.3 is 0 Å². The topological polar surface area (TPSA) is 41.5 Å². The molecule has 0 heterocycles. The Morgan fingerprint density at radius 1 is 1.22 bits per heavy atom. The maximum Gasteiger partial charge on any atom is 0.118 e. The van der Waals surface area contributed by atoms with Crippen LogP contribution in [0.3, 0.4) is 0 Å². The van der Waals surface area contributed by atoms with Crippen LogP contribution in [0.4, 0.5) is 0 Å². The van der Waals surface area contributed by atoms with Crippen LogP contribution in [0.1, 0.15) is 44.8 Å². The van der Waals surface area contributed by atoms with E-state index < -0.39 is 6.10 Å². The Bertz CT molecular complexity index is 324. The second-order valence-electron chi connectivity index (χ2n) is 4.67. The summed E-state index contributed by atoms with van der Waals surface area (Å²) < 4.78 is 5.10. The summed E-state index contributed by atoms with van der Waals surface area (Å²) in [4.78, 5) is 0. The minimum Gasteiger partial charge on any atom is -0.497 e. The lowest BCUT2D eigenvalue weighted by Crippen LogP contribution is -2.32. The van der Waals surface area contributed by atoms with Gasteiger partial charge in [-0.15, -0.1) is 0 Å². The van der Waals surface area contributed by atoms with Crippen molar-refractivity contribution in [1.82, 2.24) is 5.32 Å². The Hall–Kier alpha value is -1.06. The molecule has 0 fully saturated rings. The Morgan fingerprint density at radius 2 is 1.89 bits per heavy atom. The van der Waals surface area contributed by atoms with Crippen LogP contribution in [0.5, 0.6) is 5.75 Å². The molecule has 0 saturated heterocycles. The molecular formula is C15H25NO2. The molecule has 2 unspecified atom stereocenters. The van der Waals surface area contributed by atoms with E-state index in [-0.39, 0.29) is 6.04 Å². The van der Waals surface area contributed by atoms with Gasteiger partial charge in [0, 0.05) is 6.04 Å². The molecule has 3 nitrogen and oxygen atoms in total. The molecule has 0 aliphatic heterocycles. The largest absolute Gasteiger partial charge is 0.497 e. The summed E-state index contributed by atoms with van der Waals surface area (Å²) in [5.41, 5.74) is 0.922. The van der Waals surface area contributed by atoms with Gasteiger partial charge in [-0.3, -0.25) is 0 Å². The van der Waals surface area contributed by atoms with Crippen molar-refractivity contribution in [2.24, 2.45) is 0 Å². The fraction of sp³-hybridized carbons (Fsp3) is 0.600. The van der Waals surface area contributed by atoms with Crippen LogP contribution in [0.15, 0.2) is 24.3 Å². The number of rotatable bonds is 8. The molecule has 3 heteroatoms. The Balaban J connectivity index is 2.43. The highest BCUT2D eigenvalue weighted by Crippen LogP contribution is 2.20. The van der Waals surface area contributed by atoms with Crippen LogP contribution in [0.25, 0.3) is 0 Å². The molecule has 1 rings (SSSR count). The molecule has 0 aliphatic rings. The molecule has 1 aromatic carbocycles. The zero-order valence-corrected chi connectivity index (χ0v) is 11.6. The molecule has 0 aliphatic carbocycles. The standard InChI is InChI=1S/C15H25NO2/c1-4-5-6-11-16-12(2)15(17)13-7-9-14(18-3)10-8-13/h7-10,12,15-17H,4-6,11H2,1-3H3. The van der Waals surface area contributed by atoms with E-state index in [2.05, 4.69) is 12.2 Å². The molecule has 0 aromatic heterocycles. The van der Waals surface area contributed by atoms with Crippen molar-refractivity contribution in [3.8, 4) is 5.75 Å². The highest BCUT2D eigenvalue weighted by molar-refractivity contribution is 5.28. The van der Waals surface area contributed by atoms with Crippen LogP contribution in [0, 0.1) is 0 Å². The number of aliphatic hydroxyl groups is 1. The van der Waals surface area contributed by atoms with Crippen LogP contribution >= 0.6 is 0 Å². The summed E-state index contributed by atoms with van der Waals surface area (Å²) in [5, 5.41) is 13.6. The van der Waals surface area contributed by atoms with Crippen molar-refractivity contribution in [1.29, 1.82) is 0 Å². The summed E-state index contributed by atoms with van der Waals surface area (Å²) >= 11 is 0. The fourth-order valence-corrected chi connectivity index (χ4v) is 1.91. The molecule has 2 N–H and O–H groups in total. The van der Waals surface area contributed by atoms with Gasteiger partial charge < -0.3 is 15.2 Å². The van der Waals surface area contributed by atoms with Crippen molar-refractivity contribution < 1.29 is 9.84 Å². The first kappa shape index (κ1) is 15.0. The molecule has 0 saturated carbocycles. The summed E-state index contributed by atoms with van der Waals surface area (Å²) in [6, 6.07) is 7.64. The second-order valence-corrected chi connectivity index (χ2v) is 4.67. The van der Waals surface area contributed by atoms with Gasteiger partial charge in [-0.05, 0) is 37.6 Å². The van der Waals surface area contributed by atoms with E-state index in [1.165, 1.54) is 12.8 Å². The fourth-order valence-electron chi connectivity index (χ4n) is 1.91. The third-order valence-corrected chi connectivity index (χ3v) is 3.18. The number of benzene rings is 1. The summed E-state index contributed by atoms with van der Waals surface area (Å²) in [7, 11) is 1.64. The van der Waals surface area contributed by atoms with E-state index in [1.54, 1.807) is 7.11 Å². The predicted molar refractivity (Wildman–Crippen MR) is 74.9 cm³/mol. The number of nitrogens with one attached hydrogen (secondary N) is 1. The monoisotopic (exact) mass is 251 g/mol. The van der Waals surface area contributed by atoms with Gasteiger partial charge in [-0.2, -0.15) is 0 Å². The summed E-state index contributed by atoms with van der Waals surface area (Å²) in [5.74, 6) is 0.814. The minimum atomic E-state index is -0.475. The molecule has 0 spiro atoms. The van der Waals surface area contributed by atoms with E-state index in [1.807, 2.05) is 31.2 Å². The van der Waals surface area contributed by atoms with Crippen LogP contribution in [-0.4, -0.2) is 24.8 Å². The van der Waals surface area contributed by atoms with E-state index in [4.69, 9.17) is 4.74 Å². The zero-order valence-electron chi connectivity index (χ0n) is 11.6. The average Bonchev–Trinajstić information content (AvgIpc) is 2.42. The maximum atomic E-state index is 10.2. The SMILES string of the molecule is CCCCCNC(C)C(O)c1ccc(OC)cc1. The molecule has 1 aromatic rings. The first-order valence-electron chi connectivity index (χ1n) is 6.74. The zero-order chi connectivity index (χ0) is 13.4. The van der Waals surface area contributed by atoms with Gasteiger partial charge in [0.15, 0.2) is 0 Å². The predicted octanol–water partition coefficient (Wildman–Crippen LogP) is 2.90. The smallest absolute Gasteiger partial charge is 0.118 e. The molecular weight excluding hydrogens is 226 g/mol. The van der Waals surface area contributed by atoms with Gasteiger partial charge in [0.25, 0.3) is 0 Å². The molecule has 0 bridgehead atoms.